The van der Waals surface area contributed by atoms with Crippen LogP contribution in [0.4, 0.5) is 0 Å². The number of carbonyl (C=O) groups is 1. The van der Waals surface area contributed by atoms with E-state index >= 15 is 0 Å². The molecule has 1 aliphatic heterocycles. The van der Waals surface area contributed by atoms with Crippen LogP contribution < -0.4 is 0 Å². The van der Waals surface area contributed by atoms with E-state index in [-0.39, 0.29) is 12.2 Å². The largest absolute Gasteiger partial charge is 0.481 e. The molecular weight excluding hydrogens is 196 g/mol. The molecule has 1 rings (SSSR count). The molecule has 0 aromatic heterocycles. The van der Waals surface area contributed by atoms with Gasteiger partial charge in [-0.25, -0.2) is 0 Å². The Morgan fingerprint density at radius 1 is 1.53 bits per heavy atom. The number of aliphatic hydroxyl groups excluding tert-OH is 1. The van der Waals surface area contributed by atoms with Crippen LogP contribution in [0.3, 0.4) is 0 Å². The molecule has 4 heteroatoms. The molecule has 0 saturated carbocycles. The maximum absolute atomic E-state index is 11.0. The van der Waals surface area contributed by atoms with E-state index in [1.807, 2.05) is 13.8 Å². The number of carboxylic acids is 1. The molecule has 15 heavy (non-hydrogen) atoms. The standard InChI is InChI=1S/C11H20O4/c1-3-4-8(11(13)14)10(12)9-6-5-7(2)15-9/h7-10,12H,3-6H2,1-2H3,(H,13,14). The van der Waals surface area contributed by atoms with Crippen LogP contribution in [-0.2, 0) is 9.53 Å². The van der Waals surface area contributed by atoms with Crippen LogP contribution in [0.2, 0.25) is 0 Å². The highest BCUT2D eigenvalue weighted by molar-refractivity contribution is 5.70. The molecule has 0 bridgehead atoms. The van der Waals surface area contributed by atoms with E-state index in [1.54, 1.807) is 0 Å². The highest BCUT2D eigenvalue weighted by atomic mass is 16.5. The molecule has 2 N–H and O–H groups in total. The molecule has 1 heterocycles. The zero-order chi connectivity index (χ0) is 11.4. The van der Waals surface area contributed by atoms with Gasteiger partial charge in [-0.05, 0) is 26.2 Å². The molecule has 4 atom stereocenters. The van der Waals surface area contributed by atoms with Crippen molar-refractivity contribution in [2.45, 2.75) is 57.8 Å². The van der Waals surface area contributed by atoms with Crippen LogP contribution in [0.1, 0.15) is 39.5 Å². The Labute approximate surface area is 90.2 Å². The maximum Gasteiger partial charge on any atom is 0.309 e. The number of carboxylic acid groups (broad SMARTS) is 1. The summed E-state index contributed by atoms with van der Waals surface area (Å²) in [5, 5.41) is 18.9. The van der Waals surface area contributed by atoms with E-state index in [0.29, 0.717) is 6.42 Å². The van der Waals surface area contributed by atoms with Gasteiger partial charge >= 0.3 is 5.97 Å². The smallest absolute Gasteiger partial charge is 0.309 e. The summed E-state index contributed by atoms with van der Waals surface area (Å²) in [6, 6.07) is 0. The first kappa shape index (κ1) is 12.5. The Morgan fingerprint density at radius 3 is 2.60 bits per heavy atom. The van der Waals surface area contributed by atoms with Crippen LogP contribution in [0.15, 0.2) is 0 Å². The van der Waals surface area contributed by atoms with Crippen molar-refractivity contribution in [3.63, 3.8) is 0 Å². The van der Waals surface area contributed by atoms with Gasteiger partial charge in [-0.2, -0.15) is 0 Å². The molecule has 1 saturated heterocycles. The van der Waals surface area contributed by atoms with E-state index < -0.39 is 18.0 Å². The molecule has 0 aromatic carbocycles. The van der Waals surface area contributed by atoms with E-state index in [2.05, 4.69) is 0 Å². The van der Waals surface area contributed by atoms with Crippen molar-refractivity contribution < 1.29 is 19.7 Å². The summed E-state index contributed by atoms with van der Waals surface area (Å²) in [6.07, 6.45) is 1.90. The number of rotatable bonds is 5. The fraction of sp³-hybridized carbons (Fsp3) is 0.909. The molecule has 1 aliphatic rings. The summed E-state index contributed by atoms with van der Waals surface area (Å²) in [4.78, 5) is 11.0. The van der Waals surface area contributed by atoms with Crippen LogP contribution in [-0.4, -0.2) is 34.5 Å². The molecular formula is C11H20O4. The van der Waals surface area contributed by atoms with E-state index in [9.17, 15) is 9.90 Å². The lowest BCUT2D eigenvalue weighted by Gasteiger charge is -2.24. The topological polar surface area (TPSA) is 66.8 Å². The van der Waals surface area contributed by atoms with E-state index in [4.69, 9.17) is 9.84 Å². The maximum atomic E-state index is 11.0. The fourth-order valence-corrected chi connectivity index (χ4v) is 2.10. The Hall–Kier alpha value is -0.610. The summed E-state index contributed by atoms with van der Waals surface area (Å²) in [5.74, 6) is -1.61. The minimum atomic E-state index is -0.924. The van der Waals surface area contributed by atoms with Crippen molar-refractivity contribution in [1.29, 1.82) is 0 Å². The Balaban J connectivity index is 2.55. The third kappa shape index (κ3) is 3.18. The third-order valence-corrected chi connectivity index (χ3v) is 2.97. The summed E-state index contributed by atoms with van der Waals surface area (Å²) in [6.45, 7) is 3.86. The van der Waals surface area contributed by atoms with Crippen LogP contribution in [0, 0.1) is 5.92 Å². The summed E-state index contributed by atoms with van der Waals surface area (Å²) in [7, 11) is 0. The van der Waals surface area contributed by atoms with Gasteiger partial charge in [0.05, 0.1) is 24.2 Å². The van der Waals surface area contributed by atoms with Crippen molar-refractivity contribution >= 4 is 5.97 Å². The van der Waals surface area contributed by atoms with Gasteiger partial charge in [-0.3, -0.25) is 4.79 Å². The predicted octanol–water partition coefficient (Wildman–Crippen LogP) is 1.42. The lowest BCUT2D eigenvalue weighted by atomic mass is 9.92. The SMILES string of the molecule is CCCC(C(=O)O)C(O)C1CCC(C)O1. The van der Waals surface area contributed by atoms with Crippen LogP contribution in [0.5, 0.6) is 0 Å². The predicted molar refractivity (Wildman–Crippen MR) is 55.6 cm³/mol. The Bertz CT molecular complexity index is 217. The number of ether oxygens (including phenoxy) is 1. The van der Waals surface area contributed by atoms with Gasteiger partial charge in [0.15, 0.2) is 0 Å². The van der Waals surface area contributed by atoms with Crippen molar-refractivity contribution in [2.24, 2.45) is 5.92 Å². The average molecular weight is 216 g/mol. The molecule has 4 nitrogen and oxygen atoms in total. The quantitative estimate of drug-likeness (QED) is 0.729. The van der Waals surface area contributed by atoms with Crippen molar-refractivity contribution in [3.8, 4) is 0 Å². The zero-order valence-corrected chi connectivity index (χ0v) is 9.35. The molecule has 0 amide bonds. The monoisotopic (exact) mass is 216 g/mol. The molecule has 88 valence electrons. The molecule has 4 unspecified atom stereocenters. The summed E-state index contributed by atoms with van der Waals surface area (Å²) < 4.78 is 5.49. The van der Waals surface area contributed by atoms with E-state index in [1.165, 1.54) is 0 Å². The highest BCUT2D eigenvalue weighted by Crippen LogP contribution is 2.27. The van der Waals surface area contributed by atoms with Gasteiger partial charge in [0.25, 0.3) is 0 Å². The first-order valence-electron chi connectivity index (χ1n) is 5.62. The number of aliphatic carboxylic acids is 1. The van der Waals surface area contributed by atoms with Gasteiger partial charge in [-0.1, -0.05) is 13.3 Å². The minimum absolute atomic E-state index is 0.140. The van der Waals surface area contributed by atoms with Crippen molar-refractivity contribution in [3.05, 3.63) is 0 Å². The molecule has 0 spiro atoms. The van der Waals surface area contributed by atoms with Gasteiger partial charge < -0.3 is 14.9 Å². The fourth-order valence-electron chi connectivity index (χ4n) is 2.10. The van der Waals surface area contributed by atoms with Crippen LogP contribution in [0.25, 0.3) is 0 Å². The van der Waals surface area contributed by atoms with Crippen molar-refractivity contribution in [2.75, 3.05) is 0 Å². The molecule has 0 aromatic rings. The first-order valence-corrected chi connectivity index (χ1v) is 5.62. The van der Waals surface area contributed by atoms with Crippen LogP contribution >= 0.6 is 0 Å². The zero-order valence-electron chi connectivity index (χ0n) is 9.35. The second-order valence-electron chi connectivity index (χ2n) is 4.29. The molecule has 1 fully saturated rings. The lowest BCUT2D eigenvalue weighted by molar-refractivity contribution is -0.150. The lowest BCUT2D eigenvalue weighted by Crippen LogP contribution is -2.37. The number of hydrogen-bond donors (Lipinski definition) is 2. The number of aliphatic hydroxyl groups is 1. The van der Waals surface area contributed by atoms with Crippen molar-refractivity contribution in [1.82, 2.24) is 0 Å². The highest BCUT2D eigenvalue weighted by Gasteiger charge is 2.36. The normalized spacial score (nSPS) is 30.1. The second kappa shape index (κ2) is 5.47. The minimum Gasteiger partial charge on any atom is -0.481 e. The molecule has 0 radical (unpaired) electrons. The van der Waals surface area contributed by atoms with Gasteiger partial charge in [0.2, 0.25) is 0 Å². The first-order chi connectivity index (χ1) is 7.06. The third-order valence-electron chi connectivity index (χ3n) is 2.97. The van der Waals surface area contributed by atoms with Gasteiger partial charge in [-0.15, -0.1) is 0 Å². The number of hydrogen-bond acceptors (Lipinski definition) is 3. The van der Waals surface area contributed by atoms with E-state index in [0.717, 1.165) is 19.3 Å². The Morgan fingerprint density at radius 2 is 2.20 bits per heavy atom. The second-order valence-corrected chi connectivity index (χ2v) is 4.29. The summed E-state index contributed by atoms with van der Waals surface area (Å²) >= 11 is 0. The Kier molecular flexibility index (Phi) is 4.54. The van der Waals surface area contributed by atoms with Gasteiger partial charge in [0.1, 0.15) is 0 Å². The average Bonchev–Trinajstić information content (AvgIpc) is 2.59. The van der Waals surface area contributed by atoms with Gasteiger partial charge in [0, 0.05) is 0 Å². The molecule has 0 aliphatic carbocycles. The summed E-state index contributed by atoms with van der Waals surface area (Å²) in [5.41, 5.74) is 0.